The summed E-state index contributed by atoms with van der Waals surface area (Å²) in [6.45, 7) is 2.86. The van der Waals surface area contributed by atoms with Gasteiger partial charge < -0.3 is 15.5 Å². The Balaban J connectivity index is 1.95. The van der Waals surface area contributed by atoms with Crippen LogP contribution in [0.25, 0.3) is 0 Å². The first-order chi connectivity index (χ1) is 8.69. The number of aromatic hydroxyl groups is 1. The summed E-state index contributed by atoms with van der Waals surface area (Å²) in [6.07, 6.45) is 1.78. The molecule has 2 rings (SSSR count). The summed E-state index contributed by atoms with van der Waals surface area (Å²) in [5.74, 6) is 0.268. The molecule has 2 aromatic rings. The van der Waals surface area contributed by atoms with E-state index in [0.29, 0.717) is 13.1 Å². The Morgan fingerprint density at radius 3 is 2.94 bits per heavy atom. The van der Waals surface area contributed by atoms with E-state index in [2.05, 4.69) is 15.6 Å². The molecule has 6 nitrogen and oxygen atoms in total. The molecule has 1 heterocycles. The van der Waals surface area contributed by atoms with Crippen LogP contribution in [-0.2, 0) is 13.1 Å². The largest absolute Gasteiger partial charge is 0.508 e. The average Bonchev–Trinajstić information content (AvgIpc) is 2.79. The number of aliphatic hydroxyl groups excluding tert-OH is 1. The van der Waals surface area contributed by atoms with Gasteiger partial charge in [0.05, 0.1) is 25.9 Å². The third-order valence-electron chi connectivity index (χ3n) is 2.60. The fourth-order valence-corrected chi connectivity index (χ4v) is 1.54. The zero-order chi connectivity index (χ0) is 13.0. The van der Waals surface area contributed by atoms with Crippen LogP contribution >= 0.6 is 0 Å². The number of aromatic nitrogens is 3. The van der Waals surface area contributed by atoms with Crippen LogP contribution in [0.3, 0.4) is 0 Å². The number of nitrogens with one attached hydrogen (secondary N) is 1. The van der Waals surface area contributed by atoms with Gasteiger partial charge in [-0.05, 0) is 18.6 Å². The summed E-state index contributed by atoms with van der Waals surface area (Å²) in [7, 11) is 0. The SMILES string of the molecule is Cc1ccc(NCc2cn(CCO)nn2)cc1O. The summed E-state index contributed by atoms with van der Waals surface area (Å²) in [5, 5.41) is 29.3. The number of hydrogen-bond donors (Lipinski definition) is 3. The summed E-state index contributed by atoms with van der Waals surface area (Å²) in [4.78, 5) is 0. The van der Waals surface area contributed by atoms with Crippen molar-refractivity contribution in [3.63, 3.8) is 0 Å². The molecule has 0 aliphatic rings. The quantitative estimate of drug-likeness (QED) is 0.732. The van der Waals surface area contributed by atoms with E-state index in [9.17, 15) is 5.11 Å². The van der Waals surface area contributed by atoms with Crippen LogP contribution in [0.15, 0.2) is 24.4 Å². The van der Waals surface area contributed by atoms with Crippen molar-refractivity contribution in [2.75, 3.05) is 11.9 Å². The monoisotopic (exact) mass is 248 g/mol. The maximum Gasteiger partial charge on any atom is 0.120 e. The zero-order valence-electron chi connectivity index (χ0n) is 10.2. The van der Waals surface area contributed by atoms with Crippen molar-refractivity contribution in [2.24, 2.45) is 0 Å². The van der Waals surface area contributed by atoms with Gasteiger partial charge in [-0.15, -0.1) is 5.10 Å². The summed E-state index contributed by atoms with van der Waals surface area (Å²) >= 11 is 0. The zero-order valence-corrected chi connectivity index (χ0v) is 10.2. The number of aliphatic hydroxyl groups is 1. The van der Waals surface area contributed by atoms with Crippen LogP contribution in [0.1, 0.15) is 11.3 Å². The third-order valence-corrected chi connectivity index (χ3v) is 2.60. The van der Waals surface area contributed by atoms with E-state index < -0.39 is 0 Å². The highest BCUT2D eigenvalue weighted by molar-refractivity contribution is 5.50. The summed E-state index contributed by atoms with van der Waals surface area (Å²) in [6, 6.07) is 5.42. The van der Waals surface area contributed by atoms with E-state index in [-0.39, 0.29) is 12.4 Å². The standard InChI is InChI=1S/C12H16N4O2/c1-9-2-3-10(6-12(9)18)13-7-11-8-16(4-5-17)15-14-11/h2-3,6,8,13,17-18H,4-5,7H2,1H3. The van der Waals surface area contributed by atoms with Crippen molar-refractivity contribution in [2.45, 2.75) is 20.0 Å². The van der Waals surface area contributed by atoms with Crippen LogP contribution in [0.5, 0.6) is 5.75 Å². The second kappa shape index (κ2) is 5.50. The highest BCUT2D eigenvalue weighted by atomic mass is 16.3. The number of hydrogen-bond acceptors (Lipinski definition) is 5. The van der Waals surface area contributed by atoms with Crippen molar-refractivity contribution >= 4 is 5.69 Å². The van der Waals surface area contributed by atoms with E-state index in [4.69, 9.17) is 5.11 Å². The molecule has 0 spiro atoms. The lowest BCUT2D eigenvalue weighted by molar-refractivity contribution is 0.268. The fraction of sp³-hybridized carbons (Fsp3) is 0.333. The molecule has 1 aromatic heterocycles. The van der Waals surface area contributed by atoms with Crippen molar-refractivity contribution in [1.29, 1.82) is 0 Å². The Kier molecular flexibility index (Phi) is 3.78. The van der Waals surface area contributed by atoms with Gasteiger partial charge in [-0.2, -0.15) is 0 Å². The number of anilines is 1. The first kappa shape index (κ1) is 12.4. The lowest BCUT2D eigenvalue weighted by atomic mass is 10.2. The van der Waals surface area contributed by atoms with Gasteiger partial charge in [0.1, 0.15) is 11.4 Å². The predicted octanol–water partition coefficient (Wildman–Crippen LogP) is 0.897. The number of benzene rings is 1. The minimum Gasteiger partial charge on any atom is -0.508 e. The molecule has 3 N–H and O–H groups in total. The lowest BCUT2D eigenvalue weighted by Gasteiger charge is -2.05. The summed E-state index contributed by atoms with van der Waals surface area (Å²) in [5.41, 5.74) is 2.45. The molecule has 0 saturated carbocycles. The normalized spacial score (nSPS) is 10.6. The number of phenols is 1. The number of nitrogens with zero attached hydrogens (tertiary/aromatic N) is 3. The average molecular weight is 248 g/mol. The van der Waals surface area contributed by atoms with E-state index in [0.717, 1.165) is 16.9 Å². The molecular weight excluding hydrogens is 232 g/mol. The van der Waals surface area contributed by atoms with Crippen LogP contribution < -0.4 is 5.32 Å². The molecule has 0 fully saturated rings. The molecule has 0 amide bonds. The number of phenolic OH excluding ortho intramolecular Hbond substituents is 1. The molecule has 0 saturated heterocycles. The van der Waals surface area contributed by atoms with E-state index in [1.807, 2.05) is 19.1 Å². The molecule has 96 valence electrons. The van der Waals surface area contributed by atoms with Gasteiger partial charge in [-0.1, -0.05) is 11.3 Å². The van der Waals surface area contributed by atoms with Gasteiger partial charge in [-0.3, -0.25) is 0 Å². The van der Waals surface area contributed by atoms with Gasteiger partial charge >= 0.3 is 0 Å². The molecule has 0 atom stereocenters. The van der Waals surface area contributed by atoms with Gasteiger partial charge in [0.2, 0.25) is 0 Å². The molecule has 6 heteroatoms. The van der Waals surface area contributed by atoms with Gasteiger partial charge in [-0.25, -0.2) is 4.68 Å². The predicted molar refractivity (Wildman–Crippen MR) is 67.3 cm³/mol. The Hall–Kier alpha value is -2.08. The number of rotatable bonds is 5. The maximum absolute atomic E-state index is 9.57. The Morgan fingerprint density at radius 2 is 2.22 bits per heavy atom. The number of aryl methyl sites for hydroxylation is 1. The Morgan fingerprint density at radius 1 is 1.39 bits per heavy atom. The second-order valence-corrected chi connectivity index (χ2v) is 4.05. The van der Waals surface area contributed by atoms with Gasteiger partial charge in [0.25, 0.3) is 0 Å². The van der Waals surface area contributed by atoms with E-state index in [1.54, 1.807) is 16.9 Å². The highest BCUT2D eigenvalue weighted by Crippen LogP contribution is 2.20. The smallest absolute Gasteiger partial charge is 0.120 e. The Bertz CT molecular complexity index is 525. The van der Waals surface area contributed by atoms with E-state index in [1.165, 1.54) is 0 Å². The molecule has 0 radical (unpaired) electrons. The van der Waals surface area contributed by atoms with Crippen molar-refractivity contribution in [3.8, 4) is 5.75 Å². The molecule has 0 aliphatic heterocycles. The van der Waals surface area contributed by atoms with Crippen molar-refractivity contribution in [3.05, 3.63) is 35.7 Å². The van der Waals surface area contributed by atoms with Crippen molar-refractivity contribution in [1.82, 2.24) is 15.0 Å². The van der Waals surface area contributed by atoms with Crippen molar-refractivity contribution < 1.29 is 10.2 Å². The molecule has 1 aromatic carbocycles. The first-order valence-corrected chi connectivity index (χ1v) is 5.72. The van der Waals surface area contributed by atoms with E-state index >= 15 is 0 Å². The molecule has 0 unspecified atom stereocenters. The second-order valence-electron chi connectivity index (χ2n) is 4.05. The highest BCUT2D eigenvalue weighted by Gasteiger charge is 2.02. The Labute approximate surface area is 105 Å². The van der Waals surface area contributed by atoms with Crippen LogP contribution in [0, 0.1) is 6.92 Å². The molecule has 18 heavy (non-hydrogen) atoms. The topological polar surface area (TPSA) is 83.2 Å². The lowest BCUT2D eigenvalue weighted by Crippen LogP contribution is -2.02. The van der Waals surface area contributed by atoms with Crippen LogP contribution in [0.2, 0.25) is 0 Å². The fourth-order valence-electron chi connectivity index (χ4n) is 1.54. The molecular formula is C12H16N4O2. The third kappa shape index (κ3) is 2.98. The van der Waals surface area contributed by atoms with Gasteiger partial charge in [0, 0.05) is 11.8 Å². The minimum absolute atomic E-state index is 0.0437. The molecule has 0 aliphatic carbocycles. The molecule has 0 bridgehead atoms. The minimum atomic E-state index is 0.0437. The van der Waals surface area contributed by atoms with Gasteiger partial charge in [0.15, 0.2) is 0 Å². The van der Waals surface area contributed by atoms with Crippen LogP contribution in [0.4, 0.5) is 5.69 Å². The maximum atomic E-state index is 9.57. The first-order valence-electron chi connectivity index (χ1n) is 5.72. The van der Waals surface area contributed by atoms with Crippen LogP contribution in [-0.4, -0.2) is 31.8 Å². The summed E-state index contributed by atoms with van der Waals surface area (Å²) < 4.78 is 1.59.